The number of aromatic nitrogens is 1. The largest absolute Gasteiger partial charge is 0.426 e. The molecule has 0 aromatic carbocycles. The lowest BCUT2D eigenvalue weighted by molar-refractivity contribution is 0.157. The molecule has 1 heterocycles. The molecule has 0 saturated heterocycles. The van der Waals surface area contributed by atoms with E-state index in [1.807, 2.05) is 26.2 Å². The van der Waals surface area contributed by atoms with Gasteiger partial charge in [-0.1, -0.05) is 20.8 Å². The molecule has 0 aliphatic carbocycles. The zero-order chi connectivity index (χ0) is 8.65. The molecule has 62 valence electrons. The molecule has 1 aromatic heterocycles. The molecule has 0 spiro atoms. The van der Waals surface area contributed by atoms with E-state index in [-0.39, 0.29) is 10.2 Å². The maximum atomic E-state index is 9.31. The molecular weight excluding hydrogens is 160 g/mol. The van der Waals surface area contributed by atoms with Crippen LogP contribution in [-0.4, -0.2) is 9.94 Å². The lowest BCUT2D eigenvalue weighted by atomic mass is 9.93. The molecule has 0 atom stereocenters. The summed E-state index contributed by atoms with van der Waals surface area (Å²) >= 11 is 1.24. The molecule has 3 nitrogen and oxygen atoms in total. The van der Waals surface area contributed by atoms with Gasteiger partial charge in [0.15, 0.2) is 0 Å². The Kier molecular flexibility index (Phi) is 1.80. The van der Waals surface area contributed by atoms with Crippen molar-refractivity contribution in [3.8, 4) is 0 Å². The van der Waals surface area contributed by atoms with Crippen LogP contribution in [0, 0.1) is 5.41 Å². The van der Waals surface area contributed by atoms with Gasteiger partial charge >= 0.3 is 0 Å². The summed E-state index contributed by atoms with van der Waals surface area (Å²) in [6, 6.07) is 0. The number of hydrogen-bond donors (Lipinski definition) is 2. The van der Waals surface area contributed by atoms with Crippen LogP contribution in [0.2, 0.25) is 0 Å². The maximum Gasteiger partial charge on any atom is 0.216 e. The van der Waals surface area contributed by atoms with Crippen LogP contribution in [-0.2, 0) is 5.41 Å². The average Bonchev–Trinajstić information content (AvgIpc) is 2.11. The fourth-order valence-corrected chi connectivity index (χ4v) is 1.69. The van der Waals surface area contributed by atoms with Crippen LogP contribution < -0.4 is 4.80 Å². The lowest BCUT2D eigenvalue weighted by Gasteiger charge is -2.16. The minimum atomic E-state index is -0.0927. The van der Waals surface area contributed by atoms with Crippen molar-refractivity contribution in [1.29, 1.82) is 5.41 Å². The fraction of sp³-hybridized carbons (Fsp3) is 0.571. The summed E-state index contributed by atoms with van der Waals surface area (Å²) in [5.41, 5.74) is 0.692. The van der Waals surface area contributed by atoms with Crippen molar-refractivity contribution in [1.82, 2.24) is 4.73 Å². The molecule has 1 aromatic rings. The second-order valence-electron chi connectivity index (χ2n) is 3.49. The molecule has 2 N–H and O–H groups in total. The Labute approximate surface area is 69.4 Å². The van der Waals surface area contributed by atoms with E-state index in [0.29, 0.717) is 0 Å². The third-order valence-electron chi connectivity index (χ3n) is 1.47. The van der Waals surface area contributed by atoms with Gasteiger partial charge in [0.25, 0.3) is 0 Å². The molecule has 0 aliphatic heterocycles. The van der Waals surface area contributed by atoms with Crippen LogP contribution in [0.4, 0.5) is 0 Å². The Morgan fingerprint density at radius 1 is 1.55 bits per heavy atom. The van der Waals surface area contributed by atoms with Crippen molar-refractivity contribution < 1.29 is 5.21 Å². The van der Waals surface area contributed by atoms with Gasteiger partial charge in [-0.2, -0.15) is 4.73 Å². The Morgan fingerprint density at radius 2 is 2.09 bits per heavy atom. The normalized spacial score (nSPS) is 11.9. The van der Waals surface area contributed by atoms with Gasteiger partial charge in [-0.15, -0.1) is 11.3 Å². The lowest BCUT2D eigenvalue weighted by Crippen LogP contribution is -2.21. The summed E-state index contributed by atoms with van der Waals surface area (Å²) < 4.78 is 0.935. The molecule has 0 amide bonds. The van der Waals surface area contributed by atoms with Crippen LogP contribution in [0.5, 0.6) is 0 Å². The van der Waals surface area contributed by atoms with E-state index in [1.54, 1.807) is 0 Å². The number of nitrogens with zero attached hydrogens (tertiary/aromatic N) is 1. The highest BCUT2D eigenvalue weighted by atomic mass is 32.1. The monoisotopic (exact) mass is 172 g/mol. The van der Waals surface area contributed by atoms with E-state index in [2.05, 4.69) is 0 Å². The highest BCUT2D eigenvalue weighted by Crippen LogP contribution is 2.20. The first kappa shape index (κ1) is 8.33. The molecule has 0 saturated carbocycles. The highest BCUT2D eigenvalue weighted by Gasteiger charge is 2.18. The fourth-order valence-electron chi connectivity index (χ4n) is 0.815. The topological polar surface area (TPSA) is 49.0 Å². The maximum absolute atomic E-state index is 9.31. The van der Waals surface area contributed by atoms with Gasteiger partial charge in [-0.05, 0) is 0 Å². The highest BCUT2D eigenvalue weighted by molar-refractivity contribution is 7.07. The predicted molar refractivity (Wildman–Crippen MR) is 44.0 cm³/mol. The van der Waals surface area contributed by atoms with E-state index < -0.39 is 0 Å². The number of thiazole rings is 1. The predicted octanol–water partition coefficient (Wildman–Crippen LogP) is 1.56. The molecule has 4 heteroatoms. The SMILES string of the molecule is CC(C)(C)c1csc(=N)n1O. The van der Waals surface area contributed by atoms with Crippen LogP contribution in [0.3, 0.4) is 0 Å². The molecule has 0 bridgehead atoms. The first-order valence-corrected chi connectivity index (χ1v) is 4.26. The van der Waals surface area contributed by atoms with Gasteiger partial charge in [0.05, 0.1) is 5.69 Å². The van der Waals surface area contributed by atoms with E-state index in [4.69, 9.17) is 5.41 Å². The summed E-state index contributed by atoms with van der Waals surface area (Å²) in [7, 11) is 0. The Hall–Kier alpha value is -0.770. The average molecular weight is 172 g/mol. The minimum absolute atomic E-state index is 0.0927. The van der Waals surface area contributed by atoms with E-state index in [9.17, 15) is 5.21 Å². The van der Waals surface area contributed by atoms with Crippen LogP contribution in [0.15, 0.2) is 5.38 Å². The standard InChI is InChI=1S/C7H12N2OS/c1-7(2,3)5-4-11-6(8)9(5)10/h4,8,10H,1-3H3. The third kappa shape index (κ3) is 1.45. The number of nitrogens with one attached hydrogen (secondary N) is 1. The molecule has 1 rings (SSSR count). The first-order chi connectivity index (χ1) is 4.93. The van der Waals surface area contributed by atoms with Gasteiger partial charge in [-0.25, -0.2) is 0 Å². The van der Waals surface area contributed by atoms with Gasteiger partial charge in [-0.3, -0.25) is 5.41 Å². The number of rotatable bonds is 0. The second-order valence-corrected chi connectivity index (χ2v) is 4.35. The molecular formula is C7H12N2OS. The third-order valence-corrected chi connectivity index (χ3v) is 2.21. The smallest absolute Gasteiger partial charge is 0.216 e. The summed E-state index contributed by atoms with van der Waals surface area (Å²) in [6.07, 6.45) is 0. The van der Waals surface area contributed by atoms with Crippen LogP contribution in [0.25, 0.3) is 0 Å². The summed E-state index contributed by atoms with van der Waals surface area (Å²) in [5, 5.41) is 18.4. The Morgan fingerprint density at radius 3 is 2.27 bits per heavy atom. The van der Waals surface area contributed by atoms with E-state index in [1.165, 1.54) is 11.3 Å². The molecule has 0 radical (unpaired) electrons. The van der Waals surface area contributed by atoms with Crippen molar-refractivity contribution in [2.45, 2.75) is 26.2 Å². The summed E-state index contributed by atoms with van der Waals surface area (Å²) in [5.74, 6) is 0. The second kappa shape index (κ2) is 2.37. The quantitative estimate of drug-likeness (QED) is 0.573. The summed E-state index contributed by atoms with van der Waals surface area (Å²) in [6.45, 7) is 6.00. The zero-order valence-corrected chi connectivity index (χ0v) is 7.70. The van der Waals surface area contributed by atoms with Crippen molar-refractivity contribution >= 4 is 11.3 Å². The van der Waals surface area contributed by atoms with Crippen molar-refractivity contribution in [2.24, 2.45) is 0 Å². The summed E-state index contributed by atoms with van der Waals surface area (Å²) in [4.78, 5) is 0.176. The minimum Gasteiger partial charge on any atom is -0.426 e. The molecule has 11 heavy (non-hydrogen) atoms. The zero-order valence-electron chi connectivity index (χ0n) is 6.88. The Balaban J connectivity index is 3.26. The van der Waals surface area contributed by atoms with Crippen LogP contribution >= 0.6 is 11.3 Å². The van der Waals surface area contributed by atoms with Crippen LogP contribution in [0.1, 0.15) is 26.5 Å². The van der Waals surface area contributed by atoms with Crippen molar-refractivity contribution in [2.75, 3.05) is 0 Å². The van der Waals surface area contributed by atoms with E-state index in [0.717, 1.165) is 10.4 Å². The first-order valence-electron chi connectivity index (χ1n) is 3.38. The molecule has 0 unspecified atom stereocenters. The number of hydrogen-bond acceptors (Lipinski definition) is 3. The van der Waals surface area contributed by atoms with Gasteiger partial charge in [0.2, 0.25) is 4.80 Å². The van der Waals surface area contributed by atoms with Crippen molar-refractivity contribution in [3.05, 3.63) is 15.9 Å². The Bertz CT molecular complexity index is 305. The van der Waals surface area contributed by atoms with Gasteiger partial charge < -0.3 is 5.21 Å². The molecule has 0 aliphatic rings. The van der Waals surface area contributed by atoms with Gasteiger partial charge in [0.1, 0.15) is 0 Å². The van der Waals surface area contributed by atoms with E-state index >= 15 is 0 Å². The van der Waals surface area contributed by atoms with Gasteiger partial charge in [0, 0.05) is 10.8 Å². The van der Waals surface area contributed by atoms with Crippen molar-refractivity contribution in [3.63, 3.8) is 0 Å². The molecule has 0 fully saturated rings.